The fourth-order valence-corrected chi connectivity index (χ4v) is 4.57. The Hall–Kier alpha value is -0.340. The number of methoxy groups -OCH3 is 1. The minimum Gasteiger partial charge on any atom is -0.496 e. The number of sulfonamides is 1. The molecule has 1 fully saturated rings. The first-order chi connectivity index (χ1) is 9.36. The molecule has 0 aliphatic carbocycles. The number of halogens is 2. The zero-order chi connectivity index (χ0) is 14.9. The Morgan fingerprint density at radius 3 is 2.62 bits per heavy atom. The molecule has 2 rings (SSSR count). The van der Waals surface area contributed by atoms with Crippen molar-refractivity contribution in [2.45, 2.75) is 24.3 Å². The van der Waals surface area contributed by atoms with Crippen LogP contribution in [-0.4, -0.2) is 39.0 Å². The Balaban J connectivity index is 0.00000220. The molecular weight excluding hydrogens is 380 g/mol. The minimum absolute atomic E-state index is 0. The number of hydrogen-bond acceptors (Lipinski definition) is 4. The summed E-state index contributed by atoms with van der Waals surface area (Å²) in [5.74, 6) is 0.776. The summed E-state index contributed by atoms with van der Waals surface area (Å²) < 4.78 is 32.5. The van der Waals surface area contributed by atoms with Crippen LogP contribution in [0.1, 0.15) is 13.3 Å². The zero-order valence-corrected chi connectivity index (χ0v) is 15.2. The molecule has 1 aliphatic rings. The highest BCUT2D eigenvalue weighted by Gasteiger charge is 2.32. The molecule has 21 heavy (non-hydrogen) atoms. The van der Waals surface area contributed by atoms with Crippen LogP contribution in [0.2, 0.25) is 0 Å². The van der Waals surface area contributed by atoms with Gasteiger partial charge in [-0.15, -0.1) is 12.4 Å². The Bertz CT molecular complexity index is 597. The number of benzene rings is 1. The van der Waals surface area contributed by atoms with Gasteiger partial charge >= 0.3 is 0 Å². The van der Waals surface area contributed by atoms with Crippen LogP contribution in [0.5, 0.6) is 5.75 Å². The number of hydrogen-bond donors (Lipinski definition) is 1. The van der Waals surface area contributed by atoms with Gasteiger partial charge in [-0.3, -0.25) is 0 Å². The number of piperidine rings is 1. The summed E-state index contributed by atoms with van der Waals surface area (Å²) in [5, 5.41) is 0. The first-order valence-electron chi connectivity index (χ1n) is 6.45. The molecule has 0 bridgehead atoms. The smallest absolute Gasteiger partial charge is 0.243 e. The van der Waals surface area contributed by atoms with Crippen molar-refractivity contribution in [3.8, 4) is 5.75 Å². The quantitative estimate of drug-likeness (QED) is 0.846. The summed E-state index contributed by atoms with van der Waals surface area (Å²) in [5.41, 5.74) is 5.94. The summed E-state index contributed by atoms with van der Waals surface area (Å²) in [7, 11) is -1.93. The summed E-state index contributed by atoms with van der Waals surface area (Å²) >= 11 is 3.32. The van der Waals surface area contributed by atoms with Crippen molar-refractivity contribution in [2.24, 2.45) is 11.7 Å². The Kier molecular flexibility index (Phi) is 6.49. The maximum absolute atomic E-state index is 12.6. The van der Waals surface area contributed by atoms with Crippen molar-refractivity contribution >= 4 is 38.4 Å². The Morgan fingerprint density at radius 2 is 2.10 bits per heavy atom. The third-order valence-electron chi connectivity index (χ3n) is 3.70. The molecular formula is C13H20BrClN2O3S. The first-order valence-corrected chi connectivity index (χ1v) is 8.69. The molecule has 5 nitrogen and oxygen atoms in total. The average Bonchev–Trinajstić information content (AvgIpc) is 2.41. The van der Waals surface area contributed by atoms with Gasteiger partial charge in [0.2, 0.25) is 10.0 Å². The summed E-state index contributed by atoms with van der Waals surface area (Å²) in [6, 6.07) is 4.87. The van der Waals surface area contributed by atoms with Crippen LogP contribution in [0.25, 0.3) is 0 Å². The predicted molar refractivity (Wildman–Crippen MR) is 88.5 cm³/mol. The van der Waals surface area contributed by atoms with Gasteiger partial charge in [0.15, 0.2) is 0 Å². The van der Waals surface area contributed by atoms with Crippen LogP contribution < -0.4 is 10.5 Å². The van der Waals surface area contributed by atoms with Crippen molar-refractivity contribution in [2.75, 3.05) is 20.2 Å². The topological polar surface area (TPSA) is 72.6 Å². The van der Waals surface area contributed by atoms with E-state index in [4.69, 9.17) is 10.5 Å². The second kappa shape index (κ2) is 7.28. The van der Waals surface area contributed by atoms with E-state index >= 15 is 0 Å². The fourth-order valence-electron chi connectivity index (χ4n) is 2.30. The van der Waals surface area contributed by atoms with E-state index in [1.165, 1.54) is 4.31 Å². The van der Waals surface area contributed by atoms with Crippen molar-refractivity contribution in [1.82, 2.24) is 4.31 Å². The lowest BCUT2D eigenvalue weighted by atomic mass is 9.96. The van der Waals surface area contributed by atoms with Gasteiger partial charge in [0, 0.05) is 19.1 Å². The maximum Gasteiger partial charge on any atom is 0.243 e. The molecule has 2 atom stereocenters. The summed E-state index contributed by atoms with van der Waals surface area (Å²) in [4.78, 5) is 0.271. The van der Waals surface area contributed by atoms with Gasteiger partial charge in [-0.1, -0.05) is 6.92 Å². The van der Waals surface area contributed by atoms with Crippen LogP contribution in [0, 0.1) is 5.92 Å². The highest BCUT2D eigenvalue weighted by molar-refractivity contribution is 9.10. The fraction of sp³-hybridized carbons (Fsp3) is 0.538. The summed E-state index contributed by atoms with van der Waals surface area (Å²) in [6.45, 7) is 2.92. The van der Waals surface area contributed by atoms with E-state index in [1.807, 2.05) is 6.92 Å². The van der Waals surface area contributed by atoms with Crippen molar-refractivity contribution in [3.63, 3.8) is 0 Å². The standard InChI is InChI=1S/C13H19BrN2O3S.ClH/c1-9-8-16(6-5-12(9)15)20(17,18)10-3-4-13(19-2)11(14)7-10;/h3-4,7,9,12H,5-6,8,15H2,1-2H3;1H. The van der Waals surface area contributed by atoms with Crippen molar-refractivity contribution in [3.05, 3.63) is 22.7 Å². The van der Waals surface area contributed by atoms with Crippen molar-refractivity contribution in [1.29, 1.82) is 0 Å². The zero-order valence-electron chi connectivity index (χ0n) is 12.0. The van der Waals surface area contributed by atoms with Gasteiger partial charge < -0.3 is 10.5 Å². The molecule has 2 unspecified atom stereocenters. The van der Waals surface area contributed by atoms with E-state index in [0.29, 0.717) is 29.7 Å². The molecule has 0 spiro atoms. The van der Waals surface area contributed by atoms with E-state index in [1.54, 1.807) is 25.3 Å². The third-order valence-corrected chi connectivity index (χ3v) is 6.18. The van der Waals surface area contributed by atoms with Crippen LogP contribution in [-0.2, 0) is 10.0 Å². The third kappa shape index (κ3) is 3.90. The highest BCUT2D eigenvalue weighted by atomic mass is 79.9. The van der Waals surface area contributed by atoms with Gasteiger partial charge in [0.1, 0.15) is 5.75 Å². The number of ether oxygens (including phenoxy) is 1. The van der Waals surface area contributed by atoms with Gasteiger partial charge in [0.25, 0.3) is 0 Å². The molecule has 8 heteroatoms. The van der Waals surface area contributed by atoms with Gasteiger partial charge in [-0.2, -0.15) is 4.31 Å². The molecule has 1 saturated heterocycles. The molecule has 1 aromatic rings. The largest absolute Gasteiger partial charge is 0.496 e. The van der Waals surface area contributed by atoms with Gasteiger partial charge in [-0.25, -0.2) is 8.42 Å². The lowest BCUT2D eigenvalue weighted by Gasteiger charge is -2.34. The lowest BCUT2D eigenvalue weighted by molar-refractivity contribution is 0.250. The Morgan fingerprint density at radius 1 is 1.43 bits per heavy atom. The molecule has 0 amide bonds. The van der Waals surface area contributed by atoms with Gasteiger partial charge in [0.05, 0.1) is 16.5 Å². The molecule has 1 aromatic carbocycles. The molecule has 120 valence electrons. The molecule has 0 saturated carbocycles. The number of rotatable bonds is 3. The van der Waals surface area contributed by atoms with E-state index in [2.05, 4.69) is 15.9 Å². The Labute approximate surface area is 140 Å². The molecule has 1 heterocycles. The normalized spacial score (nSPS) is 23.4. The van der Waals surface area contributed by atoms with E-state index in [-0.39, 0.29) is 29.3 Å². The van der Waals surface area contributed by atoms with Crippen LogP contribution in [0.3, 0.4) is 0 Å². The molecule has 2 N–H and O–H groups in total. The van der Waals surface area contributed by atoms with E-state index < -0.39 is 10.0 Å². The summed E-state index contributed by atoms with van der Waals surface area (Å²) in [6.07, 6.45) is 0.692. The monoisotopic (exact) mass is 398 g/mol. The maximum atomic E-state index is 12.6. The van der Waals surface area contributed by atoms with Gasteiger partial charge in [-0.05, 0) is 46.5 Å². The number of nitrogens with zero attached hydrogens (tertiary/aromatic N) is 1. The SMILES string of the molecule is COc1ccc(S(=O)(=O)N2CCC(N)C(C)C2)cc1Br.Cl. The minimum atomic E-state index is -3.47. The van der Waals surface area contributed by atoms with E-state index in [0.717, 1.165) is 0 Å². The predicted octanol–water partition coefficient (Wildman–Crippen LogP) is 2.24. The second-order valence-electron chi connectivity index (χ2n) is 5.09. The van der Waals surface area contributed by atoms with Crippen LogP contribution in [0.4, 0.5) is 0 Å². The number of nitrogens with two attached hydrogens (primary N) is 1. The first kappa shape index (κ1) is 18.7. The van der Waals surface area contributed by atoms with E-state index in [9.17, 15) is 8.42 Å². The second-order valence-corrected chi connectivity index (χ2v) is 7.88. The molecule has 0 radical (unpaired) electrons. The average molecular weight is 400 g/mol. The van der Waals surface area contributed by atoms with Crippen molar-refractivity contribution < 1.29 is 13.2 Å². The molecule has 1 aliphatic heterocycles. The lowest BCUT2D eigenvalue weighted by Crippen LogP contribution is -2.48. The van der Waals surface area contributed by atoms with Crippen LogP contribution in [0.15, 0.2) is 27.6 Å². The van der Waals surface area contributed by atoms with Crippen LogP contribution >= 0.6 is 28.3 Å². The highest BCUT2D eigenvalue weighted by Crippen LogP contribution is 2.30. The molecule has 0 aromatic heterocycles.